The molecule has 1 amide bonds. The maximum atomic E-state index is 12.9. The lowest BCUT2D eigenvalue weighted by atomic mass is 9.98. The van der Waals surface area contributed by atoms with E-state index in [1.807, 2.05) is 0 Å². The number of aryl methyl sites for hydroxylation is 2. The second-order valence-electron chi connectivity index (χ2n) is 6.73. The number of H-pyrrole nitrogens is 1. The van der Waals surface area contributed by atoms with Crippen molar-refractivity contribution in [1.29, 1.82) is 0 Å². The molecule has 0 aromatic carbocycles. The molecule has 1 atom stereocenters. The van der Waals surface area contributed by atoms with Crippen molar-refractivity contribution in [3.05, 3.63) is 11.4 Å². The normalized spacial score (nSPS) is 23.0. The van der Waals surface area contributed by atoms with Gasteiger partial charge in [-0.25, -0.2) is 8.42 Å². The molecule has 9 heteroatoms. The second-order valence-corrected chi connectivity index (χ2v) is 8.61. The van der Waals surface area contributed by atoms with Crippen molar-refractivity contribution in [3.63, 3.8) is 0 Å². The minimum atomic E-state index is -3.62. The molecular formula is C15H25N5O3S. The predicted molar refractivity (Wildman–Crippen MR) is 88.9 cm³/mol. The first-order valence-corrected chi connectivity index (χ1v) is 9.83. The number of aromatic amines is 1. The number of piperidine rings is 1. The summed E-state index contributed by atoms with van der Waals surface area (Å²) in [5, 5.41) is 12.8. The van der Waals surface area contributed by atoms with Gasteiger partial charge in [0.05, 0.1) is 17.3 Å². The Morgan fingerprint density at radius 1 is 1.38 bits per heavy atom. The average Bonchev–Trinajstić information content (AvgIpc) is 2.85. The van der Waals surface area contributed by atoms with Gasteiger partial charge < -0.3 is 10.6 Å². The van der Waals surface area contributed by atoms with E-state index in [2.05, 4.69) is 20.8 Å². The Balaban J connectivity index is 1.67. The highest BCUT2D eigenvalue weighted by molar-refractivity contribution is 7.89. The Kier molecular flexibility index (Phi) is 4.93. The summed E-state index contributed by atoms with van der Waals surface area (Å²) in [6.07, 6.45) is 1.42. The summed E-state index contributed by atoms with van der Waals surface area (Å²) >= 11 is 0. The van der Waals surface area contributed by atoms with Crippen LogP contribution < -0.4 is 10.6 Å². The molecule has 1 unspecified atom stereocenters. The van der Waals surface area contributed by atoms with Crippen molar-refractivity contribution in [2.75, 3.05) is 32.7 Å². The van der Waals surface area contributed by atoms with Crippen molar-refractivity contribution in [3.8, 4) is 0 Å². The highest BCUT2D eigenvalue weighted by Crippen LogP contribution is 2.26. The molecule has 0 spiro atoms. The van der Waals surface area contributed by atoms with Crippen LogP contribution in [0.1, 0.15) is 24.2 Å². The fourth-order valence-electron chi connectivity index (χ4n) is 3.31. The lowest BCUT2D eigenvalue weighted by Gasteiger charge is -2.32. The van der Waals surface area contributed by atoms with Crippen LogP contribution in [0, 0.1) is 25.7 Å². The number of nitrogens with one attached hydrogen (secondary N) is 3. The van der Waals surface area contributed by atoms with E-state index in [1.165, 1.54) is 4.31 Å². The van der Waals surface area contributed by atoms with Gasteiger partial charge in [0.1, 0.15) is 4.90 Å². The van der Waals surface area contributed by atoms with E-state index in [4.69, 9.17) is 0 Å². The van der Waals surface area contributed by atoms with Crippen molar-refractivity contribution in [1.82, 2.24) is 25.1 Å². The van der Waals surface area contributed by atoms with E-state index in [-0.39, 0.29) is 23.3 Å². The summed E-state index contributed by atoms with van der Waals surface area (Å²) in [5.74, 6) is 0.171. The van der Waals surface area contributed by atoms with E-state index in [9.17, 15) is 13.2 Å². The lowest BCUT2D eigenvalue weighted by Crippen LogP contribution is -2.50. The lowest BCUT2D eigenvalue weighted by molar-refractivity contribution is -0.126. The number of amides is 1. The molecular weight excluding hydrogens is 330 g/mol. The molecule has 2 saturated heterocycles. The number of hydrogen-bond acceptors (Lipinski definition) is 5. The number of carbonyl (C=O) groups excluding carboxylic acids is 1. The van der Waals surface area contributed by atoms with E-state index in [0.717, 1.165) is 19.5 Å². The molecule has 2 aliphatic heterocycles. The first-order chi connectivity index (χ1) is 11.4. The van der Waals surface area contributed by atoms with Crippen molar-refractivity contribution in [2.45, 2.75) is 31.6 Å². The maximum Gasteiger partial charge on any atom is 0.246 e. The Bertz CT molecular complexity index is 691. The smallest absolute Gasteiger partial charge is 0.246 e. The first kappa shape index (κ1) is 17.4. The third-order valence-corrected chi connectivity index (χ3v) is 6.97. The molecule has 3 heterocycles. The molecule has 0 saturated carbocycles. The molecule has 2 aliphatic rings. The third-order valence-electron chi connectivity index (χ3n) is 4.84. The van der Waals surface area contributed by atoms with E-state index in [0.29, 0.717) is 36.8 Å². The molecule has 134 valence electrons. The largest absolute Gasteiger partial charge is 0.355 e. The predicted octanol–water partition coefficient (Wildman–Crippen LogP) is -0.237. The van der Waals surface area contributed by atoms with Crippen molar-refractivity contribution >= 4 is 15.9 Å². The van der Waals surface area contributed by atoms with Crippen molar-refractivity contribution < 1.29 is 13.2 Å². The summed E-state index contributed by atoms with van der Waals surface area (Å²) in [5.41, 5.74) is 1.01. The number of carbonyl (C=O) groups is 1. The Labute approximate surface area is 142 Å². The van der Waals surface area contributed by atoms with Gasteiger partial charge in [-0.05, 0) is 26.7 Å². The van der Waals surface area contributed by atoms with Gasteiger partial charge in [-0.15, -0.1) is 0 Å². The Hall–Kier alpha value is -1.45. The highest BCUT2D eigenvalue weighted by Gasteiger charge is 2.35. The molecule has 0 aliphatic carbocycles. The van der Waals surface area contributed by atoms with Gasteiger partial charge in [-0.2, -0.15) is 9.40 Å². The topological polar surface area (TPSA) is 107 Å². The quantitative estimate of drug-likeness (QED) is 0.676. The van der Waals surface area contributed by atoms with Crippen LogP contribution in [0.3, 0.4) is 0 Å². The van der Waals surface area contributed by atoms with E-state index in [1.54, 1.807) is 13.8 Å². The van der Waals surface area contributed by atoms with Crippen LogP contribution in [0.2, 0.25) is 0 Å². The average molecular weight is 355 g/mol. The summed E-state index contributed by atoms with van der Waals surface area (Å²) in [7, 11) is -3.62. The van der Waals surface area contributed by atoms with Crippen LogP contribution in [0.15, 0.2) is 4.90 Å². The van der Waals surface area contributed by atoms with Gasteiger partial charge in [0.2, 0.25) is 15.9 Å². The van der Waals surface area contributed by atoms with Crippen molar-refractivity contribution in [2.24, 2.45) is 11.8 Å². The maximum absolute atomic E-state index is 12.9. The SMILES string of the molecule is Cc1n[nH]c(C)c1S(=O)(=O)N1CCCC(C(=O)NCC2CNC2)C1. The Morgan fingerprint density at radius 2 is 2.12 bits per heavy atom. The molecule has 1 aromatic heterocycles. The van der Waals surface area contributed by atoms with Gasteiger partial charge in [0.25, 0.3) is 0 Å². The number of sulfonamides is 1. The molecule has 8 nitrogen and oxygen atoms in total. The summed E-state index contributed by atoms with van der Waals surface area (Å²) in [6, 6.07) is 0. The first-order valence-electron chi connectivity index (χ1n) is 8.39. The zero-order valence-electron chi connectivity index (χ0n) is 14.1. The highest BCUT2D eigenvalue weighted by atomic mass is 32.2. The zero-order valence-corrected chi connectivity index (χ0v) is 14.9. The summed E-state index contributed by atoms with van der Waals surface area (Å²) in [6.45, 7) is 6.60. The van der Waals surface area contributed by atoms with E-state index >= 15 is 0 Å². The van der Waals surface area contributed by atoms with Crippen LogP contribution in [0.5, 0.6) is 0 Å². The number of aromatic nitrogens is 2. The standard InChI is InChI=1S/C15H25N5O3S/c1-10-14(11(2)19-18-10)24(22,23)20-5-3-4-13(9-20)15(21)17-8-12-6-16-7-12/h12-13,16H,3-9H2,1-2H3,(H,17,21)(H,18,19). The minimum absolute atomic E-state index is 0.0394. The monoisotopic (exact) mass is 355 g/mol. The molecule has 0 radical (unpaired) electrons. The van der Waals surface area contributed by atoms with E-state index < -0.39 is 10.0 Å². The third kappa shape index (κ3) is 3.33. The molecule has 24 heavy (non-hydrogen) atoms. The summed E-state index contributed by atoms with van der Waals surface area (Å²) in [4.78, 5) is 12.6. The molecule has 2 fully saturated rings. The van der Waals surface area contributed by atoms with Crippen LogP contribution in [-0.2, 0) is 14.8 Å². The van der Waals surface area contributed by atoms with Gasteiger partial charge in [0, 0.05) is 38.6 Å². The van der Waals surface area contributed by atoms with Gasteiger partial charge in [-0.1, -0.05) is 0 Å². The molecule has 0 bridgehead atoms. The molecule has 3 N–H and O–H groups in total. The fraction of sp³-hybridized carbons (Fsp3) is 0.733. The van der Waals surface area contributed by atoms with Crippen LogP contribution in [0.25, 0.3) is 0 Å². The van der Waals surface area contributed by atoms with Gasteiger partial charge in [-0.3, -0.25) is 9.89 Å². The van der Waals surface area contributed by atoms with Gasteiger partial charge >= 0.3 is 0 Å². The van der Waals surface area contributed by atoms with Crippen LogP contribution in [-0.4, -0.2) is 61.6 Å². The molecule has 1 aromatic rings. The number of nitrogens with zero attached hydrogens (tertiary/aromatic N) is 2. The molecule has 3 rings (SSSR count). The van der Waals surface area contributed by atoms with Gasteiger partial charge in [0.15, 0.2) is 0 Å². The number of rotatable bonds is 5. The zero-order chi connectivity index (χ0) is 17.3. The number of hydrogen-bond donors (Lipinski definition) is 3. The fourth-order valence-corrected chi connectivity index (χ4v) is 5.16. The second kappa shape index (κ2) is 6.81. The minimum Gasteiger partial charge on any atom is -0.355 e. The Morgan fingerprint density at radius 3 is 2.71 bits per heavy atom. The summed E-state index contributed by atoms with van der Waals surface area (Å²) < 4.78 is 27.2. The van der Waals surface area contributed by atoms with Crippen LogP contribution in [0.4, 0.5) is 0 Å². The van der Waals surface area contributed by atoms with Crippen LogP contribution >= 0.6 is 0 Å².